The van der Waals surface area contributed by atoms with Crippen LogP contribution in [-0.2, 0) is 11.2 Å². The van der Waals surface area contributed by atoms with Crippen LogP contribution in [0.2, 0.25) is 5.02 Å². The van der Waals surface area contributed by atoms with Gasteiger partial charge in [-0.25, -0.2) is 4.79 Å². The summed E-state index contributed by atoms with van der Waals surface area (Å²) in [7, 11) is 0. The molecule has 4 nitrogen and oxygen atoms in total. The molecule has 0 aliphatic heterocycles. The Balaban J connectivity index is 1.95. The normalized spacial score (nSPS) is 17.8. The summed E-state index contributed by atoms with van der Waals surface area (Å²) >= 11 is 6.30. The molecule has 1 aliphatic rings. The average molecular weight is 360 g/mol. The molecule has 0 saturated carbocycles. The van der Waals surface area contributed by atoms with Gasteiger partial charge in [0.05, 0.1) is 11.6 Å². The third-order valence-corrected chi connectivity index (χ3v) is 4.88. The maximum Gasteiger partial charge on any atom is 0.405 e. The van der Waals surface area contributed by atoms with Gasteiger partial charge < -0.3 is 15.2 Å². The van der Waals surface area contributed by atoms with Gasteiger partial charge in [0.1, 0.15) is 11.9 Å². The molecule has 1 aliphatic carbocycles. The second-order valence-corrected chi connectivity index (χ2v) is 7.38. The zero-order chi connectivity index (χ0) is 18.2. The Bertz CT molecular complexity index is 817. The maximum atomic E-state index is 11.2. The smallest absolute Gasteiger partial charge is 0.405 e. The van der Waals surface area contributed by atoms with E-state index in [0.29, 0.717) is 17.4 Å². The Morgan fingerprint density at radius 3 is 2.56 bits per heavy atom. The van der Waals surface area contributed by atoms with E-state index in [2.05, 4.69) is 19.9 Å². The van der Waals surface area contributed by atoms with Crippen LogP contribution in [0, 0.1) is 5.41 Å². The van der Waals surface area contributed by atoms with Crippen LogP contribution < -0.4 is 10.5 Å². The number of carbonyl (C=O) groups is 1. The number of rotatable bonds is 4. The van der Waals surface area contributed by atoms with Gasteiger partial charge in [0.15, 0.2) is 0 Å². The molecule has 0 saturated heterocycles. The summed E-state index contributed by atoms with van der Waals surface area (Å²) in [6, 6.07) is 12.0. The second kappa shape index (κ2) is 6.60. The van der Waals surface area contributed by atoms with Crippen LogP contribution in [0.3, 0.4) is 0 Å². The van der Waals surface area contributed by atoms with E-state index in [-0.39, 0.29) is 11.5 Å². The lowest BCUT2D eigenvalue weighted by molar-refractivity contribution is 0.0392. The van der Waals surface area contributed by atoms with Crippen LogP contribution in [-0.4, -0.2) is 12.7 Å². The van der Waals surface area contributed by atoms with Crippen molar-refractivity contribution < 1.29 is 14.3 Å². The molecule has 1 atom stereocenters. The number of hydrogen-bond acceptors (Lipinski definition) is 3. The van der Waals surface area contributed by atoms with Gasteiger partial charge in [-0.2, -0.15) is 0 Å². The van der Waals surface area contributed by atoms with Crippen molar-refractivity contribution in [3.8, 4) is 16.9 Å². The molecule has 2 aromatic carbocycles. The number of ether oxygens (including phenoxy) is 2. The zero-order valence-corrected chi connectivity index (χ0v) is 15.4. The summed E-state index contributed by atoms with van der Waals surface area (Å²) in [4.78, 5) is 11.2. The van der Waals surface area contributed by atoms with E-state index in [1.807, 2.05) is 37.3 Å². The minimum atomic E-state index is -0.742. The van der Waals surface area contributed by atoms with E-state index in [1.54, 1.807) is 0 Å². The lowest BCUT2D eigenvalue weighted by atomic mass is 9.87. The van der Waals surface area contributed by atoms with Crippen molar-refractivity contribution >= 4 is 17.7 Å². The SMILES string of the molecule is CCOc1ccc(-c2ccc3c(c2)CC(C)(C)[C@H]3OC(N)=O)cc1Cl. The topological polar surface area (TPSA) is 61.6 Å². The van der Waals surface area contributed by atoms with Crippen LogP contribution in [0.1, 0.15) is 38.0 Å². The molecule has 3 rings (SSSR count). The summed E-state index contributed by atoms with van der Waals surface area (Å²) in [6.45, 7) is 6.66. The van der Waals surface area contributed by atoms with Gasteiger partial charge in [-0.3, -0.25) is 0 Å². The lowest BCUT2D eigenvalue weighted by Crippen LogP contribution is -2.25. The molecule has 0 fully saturated rings. The number of carbonyl (C=O) groups excluding carboxylic acids is 1. The number of hydrogen-bond donors (Lipinski definition) is 1. The average Bonchev–Trinajstić information content (AvgIpc) is 2.78. The van der Waals surface area contributed by atoms with Crippen molar-refractivity contribution in [3.05, 3.63) is 52.5 Å². The Kier molecular flexibility index (Phi) is 4.65. The van der Waals surface area contributed by atoms with E-state index in [0.717, 1.165) is 23.1 Å². The molecule has 1 amide bonds. The fourth-order valence-corrected chi connectivity index (χ4v) is 3.73. The van der Waals surface area contributed by atoms with Gasteiger partial charge >= 0.3 is 6.09 Å². The first-order valence-corrected chi connectivity index (χ1v) is 8.71. The van der Waals surface area contributed by atoms with Crippen LogP contribution in [0.4, 0.5) is 4.79 Å². The molecule has 132 valence electrons. The van der Waals surface area contributed by atoms with E-state index in [1.165, 1.54) is 5.56 Å². The van der Waals surface area contributed by atoms with Crippen LogP contribution in [0.25, 0.3) is 11.1 Å². The Hall–Kier alpha value is -2.20. The molecule has 0 unspecified atom stereocenters. The van der Waals surface area contributed by atoms with Crippen LogP contribution in [0.15, 0.2) is 36.4 Å². The van der Waals surface area contributed by atoms with Crippen molar-refractivity contribution in [1.82, 2.24) is 0 Å². The standard InChI is InChI=1S/C20H22ClNO3/c1-4-24-17-8-6-13(10-16(17)21)12-5-7-15-14(9-12)11-20(2,3)18(15)25-19(22)23/h5-10,18H,4,11H2,1-3H3,(H2,22,23)/t18-/m0/s1. The maximum absolute atomic E-state index is 11.2. The summed E-state index contributed by atoms with van der Waals surface area (Å²) in [5, 5.41) is 0.593. The predicted octanol–water partition coefficient (Wildman–Crippen LogP) is 5.12. The van der Waals surface area contributed by atoms with E-state index in [4.69, 9.17) is 26.8 Å². The molecule has 5 heteroatoms. The third-order valence-electron chi connectivity index (χ3n) is 4.58. The highest BCUT2D eigenvalue weighted by Gasteiger charge is 2.41. The van der Waals surface area contributed by atoms with Crippen molar-refractivity contribution in [3.63, 3.8) is 0 Å². The number of halogens is 1. The quantitative estimate of drug-likeness (QED) is 0.823. The zero-order valence-electron chi connectivity index (χ0n) is 14.6. The highest BCUT2D eigenvalue weighted by atomic mass is 35.5. The number of nitrogens with two attached hydrogens (primary N) is 1. The summed E-state index contributed by atoms with van der Waals surface area (Å²) in [5.41, 5.74) is 9.33. The van der Waals surface area contributed by atoms with E-state index < -0.39 is 6.09 Å². The summed E-state index contributed by atoms with van der Waals surface area (Å²) < 4.78 is 10.8. The van der Waals surface area contributed by atoms with E-state index in [9.17, 15) is 4.79 Å². The van der Waals surface area contributed by atoms with Gasteiger partial charge in [-0.05, 0) is 47.7 Å². The summed E-state index contributed by atoms with van der Waals surface area (Å²) in [6.07, 6.45) is -0.245. The fraction of sp³-hybridized carbons (Fsp3) is 0.350. The molecule has 2 aromatic rings. The first kappa shape index (κ1) is 17.6. The fourth-order valence-electron chi connectivity index (χ4n) is 3.49. The van der Waals surface area contributed by atoms with E-state index >= 15 is 0 Å². The van der Waals surface area contributed by atoms with Gasteiger partial charge in [0.2, 0.25) is 0 Å². The number of fused-ring (bicyclic) bond motifs is 1. The minimum absolute atomic E-state index is 0.188. The molecule has 0 heterocycles. The Morgan fingerprint density at radius 2 is 1.92 bits per heavy atom. The monoisotopic (exact) mass is 359 g/mol. The predicted molar refractivity (Wildman–Crippen MR) is 99.0 cm³/mol. The third kappa shape index (κ3) is 3.45. The molecule has 0 spiro atoms. The summed E-state index contributed by atoms with van der Waals surface area (Å²) in [5.74, 6) is 0.685. The van der Waals surface area contributed by atoms with Crippen LogP contribution in [0.5, 0.6) is 5.75 Å². The molecule has 0 bridgehead atoms. The first-order chi connectivity index (χ1) is 11.8. The Labute approximate surface area is 152 Å². The van der Waals surface area contributed by atoms with Gasteiger partial charge in [0, 0.05) is 5.41 Å². The molecule has 2 N–H and O–H groups in total. The van der Waals surface area contributed by atoms with Gasteiger partial charge in [-0.1, -0.05) is 49.7 Å². The molecular formula is C20H22ClNO3. The van der Waals surface area contributed by atoms with Crippen LogP contribution >= 0.6 is 11.6 Å². The molecule has 0 radical (unpaired) electrons. The number of primary amides is 1. The van der Waals surface area contributed by atoms with Crippen molar-refractivity contribution in [2.24, 2.45) is 11.1 Å². The highest BCUT2D eigenvalue weighted by Crippen LogP contribution is 2.48. The minimum Gasteiger partial charge on any atom is -0.492 e. The Morgan fingerprint density at radius 1 is 1.24 bits per heavy atom. The van der Waals surface area contributed by atoms with Crippen molar-refractivity contribution in [2.45, 2.75) is 33.3 Å². The molecule has 0 aromatic heterocycles. The highest BCUT2D eigenvalue weighted by molar-refractivity contribution is 6.32. The molecule has 25 heavy (non-hydrogen) atoms. The first-order valence-electron chi connectivity index (χ1n) is 8.33. The van der Waals surface area contributed by atoms with Crippen molar-refractivity contribution in [1.29, 1.82) is 0 Å². The number of amides is 1. The molecular weight excluding hydrogens is 338 g/mol. The van der Waals surface area contributed by atoms with Crippen molar-refractivity contribution in [2.75, 3.05) is 6.61 Å². The van der Waals surface area contributed by atoms with Gasteiger partial charge in [0.25, 0.3) is 0 Å². The second-order valence-electron chi connectivity index (χ2n) is 6.97. The van der Waals surface area contributed by atoms with Gasteiger partial charge in [-0.15, -0.1) is 0 Å². The number of benzene rings is 2. The lowest BCUT2D eigenvalue weighted by Gasteiger charge is -2.26. The largest absolute Gasteiger partial charge is 0.492 e.